The third-order valence-corrected chi connectivity index (χ3v) is 6.19. The molecule has 3 aromatic rings. The van der Waals surface area contributed by atoms with Crippen molar-refractivity contribution in [3.63, 3.8) is 0 Å². The van der Waals surface area contributed by atoms with Crippen LogP contribution in [0.25, 0.3) is 23.1 Å². The van der Waals surface area contributed by atoms with Crippen molar-refractivity contribution in [3.05, 3.63) is 41.7 Å². The van der Waals surface area contributed by atoms with Crippen LogP contribution in [0.1, 0.15) is 30.7 Å². The maximum absolute atomic E-state index is 5.52. The molecule has 2 aromatic carbocycles. The van der Waals surface area contributed by atoms with Crippen LogP contribution in [0.5, 0.6) is 23.0 Å². The van der Waals surface area contributed by atoms with Gasteiger partial charge >= 0.3 is 0 Å². The molecule has 1 N–H and O–H groups in total. The van der Waals surface area contributed by atoms with Crippen molar-refractivity contribution in [2.75, 3.05) is 59.9 Å². The molecule has 1 saturated heterocycles. The second-order valence-electron chi connectivity index (χ2n) is 8.46. The summed E-state index contributed by atoms with van der Waals surface area (Å²) in [6.45, 7) is 4.11. The van der Waals surface area contributed by atoms with Gasteiger partial charge in [-0.25, -0.2) is 9.97 Å². The molecule has 35 heavy (non-hydrogen) atoms. The van der Waals surface area contributed by atoms with Gasteiger partial charge in [-0.2, -0.15) is 0 Å². The van der Waals surface area contributed by atoms with Gasteiger partial charge in [0.1, 0.15) is 17.3 Å². The molecule has 0 amide bonds. The lowest BCUT2D eigenvalue weighted by molar-refractivity contribution is 0.237. The summed E-state index contributed by atoms with van der Waals surface area (Å²) >= 11 is 0. The maximum Gasteiger partial charge on any atom is 0.162 e. The Morgan fingerprint density at radius 3 is 2.14 bits per heavy atom. The number of anilines is 1. The summed E-state index contributed by atoms with van der Waals surface area (Å²) in [6.07, 6.45) is 7.72. The molecule has 0 radical (unpaired) electrons. The number of likely N-dealkylation sites (tertiary alicyclic amines) is 1. The van der Waals surface area contributed by atoms with E-state index in [4.69, 9.17) is 28.9 Å². The first kappa shape index (κ1) is 24.6. The minimum Gasteiger partial charge on any atom is -0.497 e. The monoisotopic (exact) mass is 478 g/mol. The molecule has 1 aliphatic heterocycles. The number of aromatic nitrogens is 2. The molecule has 0 spiro atoms. The van der Waals surface area contributed by atoms with E-state index < -0.39 is 0 Å². The van der Waals surface area contributed by atoms with Crippen LogP contribution >= 0.6 is 0 Å². The fourth-order valence-electron chi connectivity index (χ4n) is 4.29. The van der Waals surface area contributed by atoms with E-state index in [1.165, 1.54) is 19.3 Å². The highest BCUT2D eigenvalue weighted by atomic mass is 16.5. The molecule has 0 bridgehead atoms. The summed E-state index contributed by atoms with van der Waals surface area (Å²) in [7, 11) is 6.53. The molecule has 1 fully saturated rings. The number of fused-ring (bicyclic) bond motifs is 1. The zero-order chi connectivity index (χ0) is 24.6. The predicted molar refractivity (Wildman–Crippen MR) is 140 cm³/mol. The van der Waals surface area contributed by atoms with Crippen molar-refractivity contribution in [2.45, 2.75) is 19.3 Å². The van der Waals surface area contributed by atoms with Crippen LogP contribution in [0, 0.1) is 0 Å². The highest BCUT2D eigenvalue weighted by Gasteiger charge is 2.14. The number of rotatable bonds is 10. The number of benzene rings is 2. The fourth-order valence-corrected chi connectivity index (χ4v) is 4.29. The molecule has 8 nitrogen and oxygen atoms in total. The third kappa shape index (κ3) is 6.14. The second-order valence-corrected chi connectivity index (χ2v) is 8.46. The third-order valence-electron chi connectivity index (χ3n) is 6.19. The number of ether oxygens (including phenoxy) is 4. The number of piperidine rings is 1. The van der Waals surface area contributed by atoms with E-state index in [2.05, 4.69) is 10.2 Å². The first-order valence-electron chi connectivity index (χ1n) is 11.9. The van der Waals surface area contributed by atoms with Gasteiger partial charge in [0.2, 0.25) is 0 Å². The van der Waals surface area contributed by atoms with E-state index in [9.17, 15) is 0 Å². The van der Waals surface area contributed by atoms with Crippen LogP contribution in [0.4, 0.5) is 5.82 Å². The smallest absolute Gasteiger partial charge is 0.162 e. The average molecular weight is 479 g/mol. The summed E-state index contributed by atoms with van der Waals surface area (Å²) in [4.78, 5) is 12.1. The number of methoxy groups -OCH3 is 4. The minimum absolute atomic E-state index is 0.590. The Morgan fingerprint density at radius 1 is 0.800 bits per heavy atom. The standard InChI is InChI=1S/C27H34N4O4/c1-32-20-14-19(15-21(16-20)33-2)8-9-26-29-23-18-25(35-4)24(34-3)17-22(23)27(30-26)28-10-13-31-11-6-5-7-12-31/h8-9,14-18H,5-7,10-13H2,1-4H3,(H,28,29,30)/b9-8+. The van der Waals surface area contributed by atoms with Crippen molar-refractivity contribution in [1.29, 1.82) is 0 Å². The van der Waals surface area contributed by atoms with Gasteiger partial charge < -0.3 is 29.2 Å². The highest BCUT2D eigenvalue weighted by Crippen LogP contribution is 2.34. The molecule has 186 valence electrons. The zero-order valence-corrected chi connectivity index (χ0v) is 21.0. The predicted octanol–water partition coefficient (Wildman–Crippen LogP) is 4.73. The van der Waals surface area contributed by atoms with Crippen molar-refractivity contribution < 1.29 is 18.9 Å². The Bertz CT molecular complexity index is 1150. The van der Waals surface area contributed by atoms with Gasteiger partial charge in [-0.15, -0.1) is 0 Å². The van der Waals surface area contributed by atoms with E-state index in [0.717, 1.165) is 60.0 Å². The Balaban J connectivity index is 1.65. The quantitative estimate of drug-likeness (QED) is 0.448. The van der Waals surface area contributed by atoms with Crippen molar-refractivity contribution in [1.82, 2.24) is 14.9 Å². The van der Waals surface area contributed by atoms with Gasteiger partial charge in [0, 0.05) is 30.6 Å². The Morgan fingerprint density at radius 2 is 1.49 bits per heavy atom. The van der Waals surface area contributed by atoms with Crippen LogP contribution in [0.2, 0.25) is 0 Å². The van der Waals surface area contributed by atoms with Gasteiger partial charge in [0.15, 0.2) is 17.3 Å². The van der Waals surface area contributed by atoms with Crippen molar-refractivity contribution in [3.8, 4) is 23.0 Å². The van der Waals surface area contributed by atoms with Crippen LogP contribution in [-0.4, -0.2) is 69.5 Å². The number of nitrogens with one attached hydrogen (secondary N) is 1. The molecule has 0 atom stereocenters. The first-order chi connectivity index (χ1) is 17.1. The lowest BCUT2D eigenvalue weighted by Crippen LogP contribution is -2.33. The normalized spacial score (nSPS) is 14.3. The number of nitrogens with zero attached hydrogens (tertiary/aromatic N) is 3. The lowest BCUT2D eigenvalue weighted by atomic mass is 10.1. The second kappa shape index (κ2) is 11.8. The van der Waals surface area contributed by atoms with Crippen LogP contribution < -0.4 is 24.3 Å². The van der Waals surface area contributed by atoms with Gasteiger partial charge in [-0.1, -0.05) is 12.5 Å². The van der Waals surface area contributed by atoms with E-state index in [-0.39, 0.29) is 0 Å². The molecule has 0 aliphatic carbocycles. The lowest BCUT2D eigenvalue weighted by Gasteiger charge is -2.26. The molecule has 4 rings (SSSR count). The average Bonchev–Trinajstić information content (AvgIpc) is 2.91. The topological polar surface area (TPSA) is 78.0 Å². The SMILES string of the molecule is COc1cc(/C=C/c2nc(NCCN3CCCCC3)c3cc(OC)c(OC)cc3n2)cc(OC)c1. The Hall–Kier alpha value is -3.52. The summed E-state index contributed by atoms with van der Waals surface area (Å²) in [5.74, 6) is 4.09. The summed E-state index contributed by atoms with van der Waals surface area (Å²) < 4.78 is 21.8. The first-order valence-corrected chi connectivity index (χ1v) is 11.9. The van der Waals surface area contributed by atoms with E-state index in [1.807, 2.05) is 42.5 Å². The molecule has 0 unspecified atom stereocenters. The minimum atomic E-state index is 0.590. The highest BCUT2D eigenvalue weighted by molar-refractivity contribution is 5.92. The molecule has 8 heteroatoms. The van der Waals surface area contributed by atoms with Crippen LogP contribution in [0.15, 0.2) is 30.3 Å². The summed E-state index contributed by atoms with van der Waals surface area (Å²) in [5.41, 5.74) is 1.71. The fraction of sp³-hybridized carbons (Fsp3) is 0.407. The van der Waals surface area contributed by atoms with Crippen molar-refractivity contribution in [2.24, 2.45) is 0 Å². The molecule has 0 saturated carbocycles. The van der Waals surface area contributed by atoms with E-state index in [1.54, 1.807) is 28.4 Å². The van der Waals surface area contributed by atoms with E-state index >= 15 is 0 Å². The largest absolute Gasteiger partial charge is 0.497 e. The van der Waals surface area contributed by atoms with Gasteiger partial charge in [-0.3, -0.25) is 0 Å². The van der Waals surface area contributed by atoms with Crippen LogP contribution in [0.3, 0.4) is 0 Å². The van der Waals surface area contributed by atoms with Gasteiger partial charge in [-0.05, 0) is 55.8 Å². The molecule has 1 aromatic heterocycles. The molecular weight excluding hydrogens is 444 g/mol. The van der Waals surface area contributed by atoms with Gasteiger partial charge in [0.25, 0.3) is 0 Å². The number of hydrogen-bond acceptors (Lipinski definition) is 8. The summed E-state index contributed by atoms with van der Waals surface area (Å²) in [5, 5.41) is 4.43. The Kier molecular flexibility index (Phi) is 8.26. The molecule has 1 aliphatic rings. The zero-order valence-electron chi connectivity index (χ0n) is 21.0. The summed E-state index contributed by atoms with van der Waals surface area (Å²) in [6, 6.07) is 9.53. The van der Waals surface area contributed by atoms with Crippen LogP contribution in [-0.2, 0) is 0 Å². The maximum atomic E-state index is 5.52. The number of hydrogen-bond donors (Lipinski definition) is 1. The Labute approximate surface area is 206 Å². The molecular formula is C27H34N4O4. The van der Waals surface area contributed by atoms with Gasteiger partial charge in [0.05, 0.1) is 34.0 Å². The van der Waals surface area contributed by atoms with E-state index in [0.29, 0.717) is 17.3 Å². The molecule has 2 heterocycles. The van der Waals surface area contributed by atoms with Crippen molar-refractivity contribution >= 4 is 28.9 Å².